The third-order valence-corrected chi connectivity index (χ3v) is 4.18. The molecule has 1 aromatic heterocycles. The van der Waals surface area contributed by atoms with Crippen LogP contribution in [0.15, 0.2) is 12.3 Å². The van der Waals surface area contributed by atoms with E-state index in [0.717, 1.165) is 22.9 Å². The SMILES string of the molecule is Cc1cc(N(C)C2CCC(C)CC2)c(CO)cn1. The van der Waals surface area contributed by atoms with Crippen molar-refractivity contribution in [2.24, 2.45) is 5.92 Å². The van der Waals surface area contributed by atoms with Crippen LogP contribution in [0.25, 0.3) is 0 Å². The van der Waals surface area contributed by atoms with E-state index in [1.807, 2.05) is 6.92 Å². The van der Waals surface area contributed by atoms with Gasteiger partial charge in [-0.15, -0.1) is 0 Å². The molecule has 3 heteroatoms. The lowest BCUT2D eigenvalue weighted by atomic mass is 9.86. The third kappa shape index (κ3) is 2.83. The molecule has 2 rings (SSSR count). The molecular formula is C15H24N2O. The van der Waals surface area contributed by atoms with Gasteiger partial charge < -0.3 is 10.0 Å². The maximum Gasteiger partial charge on any atom is 0.0717 e. The molecule has 100 valence electrons. The summed E-state index contributed by atoms with van der Waals surface area (Å²) >= 11 is 0. The van der Waals surface area contributed by atoms with Gasteiger partial charge in [0.1, 0.15) is 0 Å². The van der Waals surface area contributed by atoms with E-state index in [-0.39, 0.29) is 6.61 Å². The van der Waals surface area contributed by atoms with Gasteiger partial charge in [0.15, 0.2) is 0 Å². The van der Waals surface area contributed by atoms with Crippen LogP contribution < -0.4 is 4.90 Å². The number of nitrogens with zero attached hydrogens (tertiary/aromatic N) is 2. The van der Waals surface area contributed by atoms with Crippen molar-refractivity contribution in [1.82, 2.24) is 4.98 Å². The van der Waals surface area contributed by atoms with E-state index in [0.29, 0.717) is 6.04 Å². The molecule has 0 aromatic carbocycles. The second kappa shape index (κ2) is 5.70. The Bertz CT molecular complexity index is 397. The summed E-state index contributed by atoms with van der Waals surface area (Å²) in [5.74, 6) is 0.867. The summed E-state index contributed by atoms with van der Waals surface area (Å²) < 4.78 is 0. The van der Waals surface area contributed by atoms with Crippen molar-refractivity contribution >= 4 is 5.69 Å². The molecule has 18 heavy (non-hydrogen) atoms. The van der Waals surface area contributed by atoms with Crippen molar-refractivity contribution in [3.63, 3.8) is 0 Å². The Hall–Kier alpha value is -1.09. The van der Waals surface area contributed by atoms with Crippen LogP contribution in [-0.4, -0.2) is 23.2 Å². The maximum absolute atomic E-state index is 9.43. The number of aliphatic hydroxyl groups is 1. The molecule has 0 saturated heterocycles. The molecule has 1 aliphatic rings. The van der Waals surface area contributed by atoms with Crippen LogP contribution in [0.1, 0.15) is 43.9 Å². The molecule has 0 radical (unpaired) electrons. The van der Waals surface area contributed by atoms with Gasteiger partial charge >= 0.3 is 0 Å². The monoisotopic (exact) mass is 248 g/mol. The standard InChI is InChI=1S/C15H24N2O/c1-11-4-6-14(7-5-11)17(3)15-8-12(2)16-9-13(15)10-18/h8-9,11,14,18H,4-7,10H2,1-3H3. The Morgan fingerprint density at radius 2 is 2.00 bits per heavy atom. The Labute approximate surface area is 110 Å². The number of hydrogen-bond acceptors (Lipinski definition) is 3. The van der Waals surface area contributed by atoms with E-state index >= 15 is 0 Å². The first-order valence-electron chi connectivity index (χ1n) is 6.91. The van der Waals surface area contributed by atoms with Crippen LogP contribution >= 0.6 is 0 Å². The van der Waals surface area contributed by atoms with Crippen LogP contribution in [-0.2, 0) is 6.61 Å². The third-order valence-electron chi connectivity index (χ3n) is 4.18. The van der Waals surface area contributed by atoms with Gasteiger partial charge in [0.2, 0.25) is 0 Å². The lowest BCUT2D eigenvalue weighted by Gasteiger charge is -2.36. The number of aliphatic hydroxyl groups excluding tert-OH is 1. The summed E-state index contributed by atoms with van der Waals surface area (Å²) in [5.41, 5.74) is 3.09. The zero-order valence-corrected chi connectivity index (χ0v) is 11.7. The predicted molar refractivity (Wildman–Crippen MR) is 74.7 cm³/mol. The van der Waals surface area contributed by atoms with Gasteiger partial charge in [-0.3, -0.25) is 4.98 Å². The zero-order valence-electron chi connectivity index (χ0n) is 11.7. The summed E-state index contributed by atoms with van der Waals surface area (Å²) in [5, 5.41) is 9.43. The molecule has 1 heterocycles. The lowest BCUT2D eigenvalue weighted by Crippen LogP contribution is -2.35. The van der Waals surface area contributed by atoms with E-state index in [9.17, 15) is 5.11 Å². The number of pyridine rings is 1. The summed E-state index contributed by atoms with van der Waals surface area (Å²) in [6.07, 6.45) is 6.93. The minimum atomic E-state index is 0.0656. The second-order valence-electron chi connectivity index (χ2n) is 5.64. The number of anilines is 1. The molecule has 0 bridgehead atoms. The first-order chi connectivity index (χ1) is 8.61. The average Bonchev–Trinajstić information content (AvgIpc) is 2.39. The molecule has 1 fully saturated rings. The highest BCUT2D eigenvalue weighted by atomic mass is 16.3. The summed E-state index contributed by atoms with van der Waals surface area (Å²) in [7, 11) is 2.15. The molecule has 1 saturated carbocycles. The molecule has 0 aliphatic heterocycles. The normalized spacial score (nSPS) is 24.0. The van der Waals surface area contributed by atoms with Crippen LogP contribution in [0.4, 0.5) is 5.69 Å². The van der Waals surface area contributed by atoms with Crippen molar-refractivity contribution in [2.45, 2.75) is 52.2 Å². The highest BCUT2D eigenvalue weighted by molar-refractivity contribution is 5.53. The minimum absolute atomic E-state index is 0.0656. The molecule has 0 unspecified atom stereocenters. The molecule has 0 spiro atoms. The van der Waals surface area contributed by atoms with Gasteiger partial charge in [0.05, 0.1) is 6.61 Å². The first-order valence-corrected chi connectivity index (χ1v) is 6.91. The maximum atomic E-state index is 9.43. The van der Waals surface area contributed by atoms with E-state index in [2.05, 4.69) is 29.9 Å². The van der Waals surface area contributed by atoms with Gasteiger partial charge in [0, 0.05) is 36.2 Å². The van der Waals surface area contributed by atoms with E-state index in [1.54, 1.807) is 6.20 Å². The van der Waals surface area contributed by atoms with E-state index in [4.69, 9.17) is 0 Å². The lowest BCUT2D eigenvalue weighted by molar-refractivity contribution is 0.280. The summed E-state index contributed by atoms with van der Waals surface area (Å²) in [6.45, 7) is 4.41. The van der Waals surface area contributed by atoms with E-state index in [1.165, 1.54) is 25.7 Å². The Morgan fingerprint density at radius 3 is 2.61 bits per heavy atom. The summed E-state index contributed by atoms with van der Waals surface area (Å²) in [4.78, 5) is 6.60. The summed E-state index contributed by atoms with van der Waals surface area (Å²) in [6, 6.07) is 2.69. The highest BCUT2D eigenvalue weighted by Crippen LogP contribution is 2.31. The molecule has 1 N–H and O–H groups in total. The van der Waals surface area contributed by atoms with Crippen molar-refractivity contribution < 1.29 is 5.11 Å². The second-order valence-corrected chi connectivity index (χ2v) is 5.64. The zero-order chi connectivity index (χ0) is 13.1. The van der Waals surface area contributed by atoms with Crippen LogP contribution in [0.3, 0.4) is 0 Å². The van der Waals surface area contributed by atoms with Crippen LogP contribution in [0.2, 0.25) is 0 Å². The average molecular weight is 248 g/mol. The quantitative estimate of drug-likeness (QED) is 0.893. The van der Waals surface area contributed by atoms with E-state index < -0.39 is 0 Å². The van der Waals surface area contributed by atoms with Crippen molar-refractivity contribution in [2.75, 3.05) is 11.9 Å². The molecule has 0 amide bonds. The number of hydrogen-bond donors (Lipinski definition) is 1. The first kappa shape index (κ1) is 13.3. The largest absolute Gasteiger partial charge is 0.392 e. The van der Waals surface area contributed by atoms with Gasteiger partial charge in [-0.2, -0.15) is 0 Å². The topological polar surface area (TPSA) is 36.4 Å². The Morgan fingerprint density at radius 1 is 1.33 bits per heavy atom. The van der Waals surface area contributed by atoms with Gasteiger partial charge in [-0.25, -0.2) is 0 Å². The van der Waals surface area contributed by atoms with Gasteiger partial charge in [0.25, 0.3) is 0 Å². The predicted octanol–water partition coefficient (Wildman–Crippen LogP) is 2.90. The van der Waals surface area contributed by atoms with Crippen molar-refractivity contribution in [1.29, 1.82) is 0 Å². The number of rotatable bonds is 3. The Kier molecular flexibility index (Phi) is 4.23. The highest BCUT2D eigenvalue weighted by Gasteiger charge is 2.23. The number of aryl methyl sites for hydroxylation is 1. The Balaban J connectivity index is 2.17. The molecule has 0 atom stereocenters. The van der Waals surface area contributed by atoms with Crippen LogP contribution in [0, 0.1) is 12.8 Å². The van der Waals surface area contributed by atoms with Gasteiger partial charge in [-0.1, -0.05) is 6.92 Å². The number of aromatic nitrogens is 1. The van der Waals surface area contributed by atoms with Crippen molar-refractivity contribution in [3.05, 3.63) is 23.5 Å². The molecule has 1 aliphatic carbocycles. The smallest absolute Gasteiger partial charge is 0.0717 e. The molecule has 1 aromatic rings. The fourth-order valence-electron chi connectivity index (χ4n) is 2.85. The fourth-order valence-corrected chi connectivity index (χ4v) is 2.85. The molecule has 3 nitrogen and oxygen atoms in total. The minimum Gasteiger partial charge on any atom is -0.392 e. The van der Waals surface area contributed by atoms with Crippen molar-refractivity contribution in [3.8, 4) is 0 Å². The molecular weight excluding hydrogens is 224 g/mol. The van der Waals surface area contributed by atoms with Crippen LogP contribution in [0.5, 0.6) is 0 Å². The fraction of sp³-hybridized carbons (Fsp3) is 0.667. The van der Waals surface area contributed by atoms with Gasteiger partial charge in [-0.05, 0) is 44.6 Å².